The van der Waals surface area contributed by atoms with Gasteiger partial charge in [-0.1, -0.05) is 450 Å². The molecule has 5 aromatic rings. The molecule has 5 aliphatic rings. The van der Waals surface area contributed by atoms with Crippen LogP contribution in [0.5, 0.6) is 0 Å². The van der Waals surface area contributed by atoms with E-state index in [1.165, 1.54) is 254 Å². The molecule has 5 aromatic carbocycles. The summed E-state index contributed by atoms with van der Waals surface area (Å²) < 4.78 is 5.63. The molecule has 147 heavy (non-hydrogen) atoms. The van der Waals surface area contributed by atoms with Crippen LogP contribution < -0.4 is 34.9 Å². The van der Waals surface area contributed by atoms with Crippen LogP contribution in [0.1, 0.15) is 353 Å². The Morgan fingerprint density at radius 1 is 0.333 bits per heavy atom. The van der Waals surface area contributed by atoms with Crippen molar-refractivity contribution >= 4 is 91.1 Å². The van der Waals surface area contributed by atoms with Crippen molar-refractivity contribution in [2.24, 2.45) is 0 Å². The predicted octanol–water partition coefficient (Wildman–Crippen LogP) is 29.1. The van der Waals surface area contributed by atoms with Crippen molar-refractivity contribution in [3.63, 3.8) is 0 Å². The third-order valence-corrected chi connectivity index (χ3v) is 25.6. The molecule has 10 rings (SSSR count). The second-order valence-corrected chi connectivity index (χ2v) is 47.5. The van der Waals surface area contributed by atoms with Crippen molar-refractivity contribution in [3.05, 3.63) is 205 Å². The standard InChI is InChI=1S/4C17H28N2S.C10H22N2S.C7H6O.C5H12.C5H10.C4H6O4.2C3H8.C2H3BO2.2C2H6.C2H4.10CH4.Na/c4*1-17(2,3)20-14-13-18-9-11-19(12-10-18)15-16-7-5-4-6-8-16;1-10(2,3)13-9-8-12-6-4-11-5-7-12;8-6-7-4-2-1-3-5-7;2*1-3-5-4-2;1-3(5)7-8-4(2)6;2*1-3-2;1-2(4)5-3;3*1-2;;;;;;;;;;;/h4*4-8H,9-15H2,1-3H3;11H,4-9H2,1-3H3;1-6H;3-5H2,1-2H3;3,5H,4H2,1-2H3;1-2H3;2*3H2,1-2H3;1H3;2*1-2H3;1-2H2;10*1H4;/q;;;;;;;;;;;-1;;;;;;;;;;;;;;+1/b;;;;;;;5-3+;;;;;;;;;;;;;;;;;;. The van der Waals surface area contributed by atoms with Crippen LogP contribution in [0.25, 0.3) is 0 Å². The van der Waals surface area contributed by atoms with E-state index in [-0.39, 0.29) is 104 Å². The maximum absolute atomic E-state index is 10.0. The van der Waals surface area contributed by atoms with Crippen LogP contribution in [0, 0.1) is 0 Å². The molecule has 0 bridgehead atoms. The Bertz CT molecular complexity index is 3110. The Hall–Kier alpha value is -3.93. The van der Waals surface area contributed by atoms with Gasteiger partial charge in [-0.25, -0.2) is 19.4 Å². The fourth-order valence-corrected chi connectivity index (χ4v) is 17.4. The van der Waals surface area contributed by atoms with Crippen molar-refractivity contribution < 1.29 is 63.2 Å². The van der Waals surface area contributed by atoms with Crippen LogP contribution in [-0.4, -0.2) is 292 Å². The molecule has 17 nitrogen and oxygen atoms in total. The molecule has 24 heteroatoms. The molecule has 0 aromatic heterocycles. The van der Waals surface area contributed by atoms with E-state index in [0.717, 1.165) is 58.3 Å². The number of allylic oxidation sites excluding steroid dienone is 2. The predicted molar refractivity (Wildman–Crippen MR) is 679 cm³/mol. The normalized spacial score (nSPS) is 13.9. The van der Waals surface area contributed by atoms with E-state index in [2.05, 4.69) is 430 Å². The molecule has 0 saturated carbocycles. The molecule has 861 valence electrons. The maximum atomic E-state index is 10.0. The van der Waals surface area contributed by atoms with Gasteiger partial charge in [-0.15, -0.1) is 13.2 Å². The maximum Gasteiger partial charge on any atom is 1.00 e. The molecule has 0 aliphatic carbocycles. The summed E-state index contributed by atoms with van der Waals surface area (Å²) in [5, 5.41) is 3.37. The smallest absolute Gasteiger partial charge is 0.793 e. The topological polar surface area (TPSA) is 137 Å². The largest absolute Gasteiger partial charge is 1.00 e. The first-order chi connectivity index (χ1) is 64.7. The van der Waals surface area contributed by atoms with Crippen LogP contribution in [0.4, 0.5) is 0 Å². The van der Waals surface area contributed by atoms with Crippen LogP contribution in [0.15, 0.2) is 177 Å². The Morgan fingerprint density at radius 2 is 0.510 bits per heavy atom. The fourth-order valence-electron chi connectivity index (χ4n) is 12.6. The Balaban J connectivity index is -0.0000000935. The molecule has 0 spiro atoms. The number of hydrogen-bond acceptors (Lipinski definition) is 22. The average molecular weight is 2170 g/mol. The van der Waals surface area contributed by atoms with Crippen molar-refractivity contribution in [1.29, 1.82) is 0 Å². The Kier molecular flexibility index (Phi) is 145. The van der Waals surface area contributed by atoms with Gasteiger partial charge in [0.1, 0.15) is 6.29 Å². The van der Waals surface area contributed by atoms with Gasteiger partial charge in [0.15, 0.2) is 0 Å². The zero-order valence-electron chi connectivity index (χ0n) is 93.4. The van der Waals surface area contributed by atoms with Crippen molar-refractivity contribution in [3.8, 4) is 0 Å². The number of piperazine rings is 5. The minimum atomic E-state index is -0.639. The van der Waals surface area contributed by atoms with Crippen LogP contribution in [-0.2, 0) is 55.0 Å². The molecule has 5 saturated heterocycles. The van der Waals surface area contributed by atoms with E-state index >= 15 is 0 Å². The number of aldehydes is 1. The first-order valence-corrected chi connectivity index (χ1v) is 56.0. The van der Waals surface area contributed by atoms with Crippen LogP contribution in [0.3, 0.4) is 0 Å². The molecule has 1 N–H and O–H groups in total. The van der Waals surface area contributed by atoms with E-state index in [1.807, 2.05) is 52.8 Å². The summed E-state index contributed by atoms with van der Waals surface area (Å²) in [7, 11) is 4.32. The van der Waals surface area contributed by atoms with Crippen molar-refractivity contribution in [1.82, 2.24) is 49.4 Å². The Morgan fingerprint density at radius 3 is 0.639 bits per heavy atom. The molecule has 0 amide bonds. The molecule has 0 atom stereocenters. The molecule has 5 heterocycles. The third-order valence-electron chi connectivity index (χ3n) is 19.3. The van der Waals surface area contributed by atoms with Gasteiger partial charge in [0.05, 0.1) is 0 Å². The van der Waals surface area contributed by atoms with E-state index in [0.29, 0.717) is 23.7 Å². The molecule has 3 radical (unpaired) electrons. The summed E-state index contributed by atoms with van der Waals surface area (Å²) in [6.07, 6.45) is 12.8. The number of thioether (sulfide) groups is 5. The van der Waals surface area contributed by atoms with Crippen LogP contribution >= 0.6 is 58.8 Å². The molecular formula is C123H243BN10NaO7S5. The van der Waals surface area contributed by atoms with E-state index < -0.39 is 17.9 Å². The quantitative estimate of drug-likeness (QED) is 0.0175. The number of hydrogen-bond donors (Lipinski definition) is 1. The SMILES string of the molecule is C.C.C.C.C.C.C.C.C.C.C/C=C/CC.C=C.CC.CC.CC(=O)OOC(C)=O.CC(C)(C)SCCN1CCN(Cc2ccccc2)CC1.CC(C)(C)SCCN1CCN(Cc2ccccc2)CC1.CC(C)(C)SCCN1CCN(Cc2ccccc2)CC1.CC(C)(C)SCCN1CCN(Cc2ccccc2)CC1.CC(C)(C)SCCN1CCNCC1.CCC.CCC.CCCCC.O=Cc1ccccc1.[B-]OC(C)=O.[Na+]. The number of nitrogens with zero attached hydrogens (tertiary/aromatic N) is 9. The second-order valence-electron chi connectivity index (χ2n) is 37.8. The van der Waals surface area contributed by atoms with Gasteiger partial charge in [-0.3, -0.25) is 53.7 Å². The second kappa shape index (κ2) is 119. The Labute approximate surface area is 963 Å². The number of unbranched alkanes of at least 4 members (excludes halogenated alkanes) is 2. The molecule has 5 fully saturated rings. The van der Waals surface area contributed by atoms with Gasteiger partial charge in [0.25, 0.3) is 0 Å². The van der Waals surface area contributed by atoms with Crippen LogP contribution in [0.2, 0.25) is 0 Å². The van der Waals surface area contributed by atoms with Crippen molar-refractivity contribution in [2.75, 3.05) is 192 Å². The van der Waals surface area contributed by atoms with E-state index in [1.54, 1.807) is 12.1 Å². The number of carbonyl (C=O) groups excluding carboxylic acids is 4. The summed E-state index contributed by atoms with van der Waals surface area (Å²) in [6.45, 7) is 104. The number of carbonyl (C=O) groups is 4. The average Bonchev–Trinajstić information content (AvgIpc) is 0.896. The first-order valence-electron chi connectivity index (χ1n) is 51.1. The number of nitrogens with one attached hydrogen (secondary N) is 1. The first kappa shape index (κ1) is 179. The van der Waals surface area contributed by atoms with Gasteiger partial charge in [-0.2, -0.15) is 58.8 Å². The van der Waals surface area contributed by atoms with E-state index in [9.17, 15) is 19.2 Å². The zero-order chi connectivity index (χ0) is 104. The minimum Gasteiger partial charge on any atom is -0.793 e. The molecule has 0 unspecified atom stereocenters. The third kappa shape index (κ3) is 127. The molecule has 5 aliphatic heterocycles. The summed E-state index contributed by atoms with van der Waals surface area (Å²) >= 11 is 10.4. The summed E-state index contributed by atoms with van der Waals surface area (Å²) in [5.41, 5.74) is 6.47. The zero-order valence-corrected chi connectivity index (χ0v) is 99.4. The summed E-state index contributed by atoms with van der Waals surface area (Å²) in [6, 6.07) is 52.4. The van der Waals surface area contributed by atoms with Gasteiger partial charge in [0, 0.05) is 269 Å². The fraction of sp³-hybridized carbons (Fsp3) is 0.691. The summed E-state index contributed by atoms with van der Waals surface area (Å²) in [5.74, 6) is 4.53. The van der Waals surface area contributed by atoms with E-state index in [4.69, 9.17) is 0 Å². The van der Waals surface area contributed by atoms with Gasteiger partial charge >= 0.3 is 41.5 Å². The summed E-state index contributed by atoms with van der Waals surface area (Å²) in [4.78, 5) is 70.1. The minimum absolute atomic E-state index is 0. The number of rotatable bonds is 27. The van der Waals surface area contributed by atoms with Gasteiger partial charge < -0.3 is 18.0 Å². The monoisotopic (exact) mass is 2170 g/mol. The van der Waals surface area contributed by atoms with Gasteiger partial charge in [0.2, 0.25) is 5.97 Å². The van der Waals surface area contributed by atoms with Crippen molar-refractivity contribution in [2.45, 2.75) is 370 Å². The number of benzene rings is 5. The molecular weight excluding hydrogens is 1920 g/mol. The van der Waals surface area contributed by atoms with Gasteiger partial charge in [-0.05, 0) is 35.6 Å².